The summed E-state index contributed by atoms with van der Waals surface area (Å²) in [5.41, 5.74) is 0.909. The van der Waals surface area contributed by atoms with E-state index in [-0.39, 0.29) is 21.4 Å². The van der Waals surface area contributed by atoms with Crippen LogP contribution in [0.5, 0.6) is 0 Å². The molecule has 0 fully saturated rings. The van der Waals surface area contributed by atoms with Crippen molar-refractivity contribution in [3.05, 3.63) is 68.7 Å². The number of carboxylic acid groups (broad SMARTS) is 1. The number of benzene rings is 2. The van der Waals surface area contributed by atoms with Crippen molar-refractivity contribution in [2.24, 2.45) is 0 Å². The van der Waals surface area contributed by atoms with Crippen LogP contribution in [0.4, 0.5) is 5.69 Å². The minimum atomic E-state index is -1.11. The predicted octanol–water partition coefficient (Wildman–Crippen LogP) is 4.87. The smallest absolute Gasteiger partial charge is 0.335 e. The molecule has 2 aromatic carbocycles. The first-order chi connectivity index (χ1) is 12.3. The van der Waals surface area contributed by atoms with Gasteiger partial charge in [0.1, 0.15) is 0 Å². The molecule has 0 aliphatic heterocycles. The maximum atomic E-state index is 11.9. The Morgan fingerprint density at radius 1 is 1.04 bits per heavy atom. The zero-order valence-electron chi connectivity index (χ0n) is 12.9. The molecule has 0 bridgehead atoms. The van der Waals surface area contributed by atoms with Crippen LogP contribution in [0.3, 0.4) is 0 Å². The molecular weight excluding hydrogens is 419 g/mol. The average Bonchev–Trinajstić information content (AvgIpc) is 2.55. The topological polar surface area (TPSA) is 78.4 Å². The van der Waals surface area contributed by atoms with E-state index < -0.39 is 11.9 Å². The van der Waals surface area contributed by atoms with Gasteiger partial charge in [0.15, 0.2) is 5.11 Å². The average molecular weight is 430 g/mol. The summed E-state index contributed by atoms with van der Waals surface area (Å²) in [5, 5.41) is 15.2. The number of carboxylic acids is 1. The Morgan fingerprint density at radius 3 is 2.42 bits per heavy atom. The third-order valence-corrected chi connectivity index (χ3v) is 4.17. The molecule has 9 heteroatoms. The predicted molar refractivity (Wildman–Crippen MR) is 108 cm³/mol. The van der Waals surface area contributed by atoms with Crippen LogP contribution in [0.25, 0.3) is 6.08 Å². The zero-order chi connectivity index (χ0) is 19.3. The van der Waals surface area contributed by atoms with Crippen molar-refractivity contribution < 1.29 is 14.7 Å². The fourth-order valence-electron chi connectivity index (χ4n) is 1.86. The van der Waals surface area contributed by atoms with Crippen molar-refractivity contribution in [2.45, 2.75) is 0 Å². The van der Waals surface area contributed by atoms with Crippen LogP contribution < -0.4 is 10.6 Å². The number of carbonyl (C=O) groups excluding carboxylic acids is 1. The number of amides is 1. The SMILES string of the molecule is O=C(/C=C/c1ccc(Cl)cc1Cl)NC(=S)Nc1cc(C(=O)O)ccc1Cl. The van der Waals surface area contributed by atoms with Crippen molar-refractivity contribution in [1.82, 2.24) is 5.32 Å². The van der Waals surface area contributed by atoms with Crippen molar-refractivity contribution in [3.8, 4) is 0 Å². The number of aromatic carboxylic acids is 1. The van der Waals surface area contributed by atoms with Crippen LogP contribution in [-0.2, 0) is 4.79 Å². The minimum absolute atomic E-state index is 0.0308. The van der Waals surface area contributed by atoms with Gasteiger partial charge in [0.25, 0.3) is 0 Å². The molecule has 2 aromatic rings. The molecule has 0 saturated heterocycles. The first-order valence-electron chi connectivity index (χ1n) is 7.04. The quantitative estimate of drug-likeness (QED) is 0.477. The first kappa shape index (κ1) is 20.2. The number of rotatable bonds is 4. The number of hydrogen-bond acceptors (Lipinski definition) is 3. The Balaban J connectivity index is 2.01. The van der Waals surface area contributed by atoms with Crippen LogP contribution in [-0.4, -0.2) is 22.1 Å². The highest BCUT2D eigenvalue weighted by Crippen LogP contribution is 2.23. The second-order valence-corrected chi connectivity index (χ2v) is 6.60. The van der Waals surface area contributed by atoms with E-state index in [1.807, 2.05) is 0 Å². The van der Waals surface area contributed by atoms with Gasteiger partial charge in [-0.05, 0) is 54.2 Å². The van der Waals surface area contributed by atoms with Gasteiger partial charge in [0, 0.05) is 16.1 Å². The van der Waals surface area contributed by atoms with Crippen molar-refractivity contribution in [2.75, 3.05) is 5.32 Å². The number of anilines is 1. The number of thiocarbonyl (C=S) groups is 1. The molecule has 5 nitrogen and oxygen atoms in total. The summed E-state index contributed by atoms with van der Waals surface area (Å²) in [6.07, 6.45) is 2.76. The van der Waals surface area contributed by atoms with Gasteiger partial charge in [0.05, 0.1) is 16.3 Å². The van der Waals surface area contributed by atoms with E-state index in [9.17, 15) is 9.59 Å². The summed E-state index contributed by atoms with van der Waals surface area (Å²) < 4.78 is 0. The standard InChI is InChI=1S/C17H11Cl3N2O3S/c18-11-4-1-9(13(20)8-11)3-6-15(23)22-17(26)21-14-7-10(16(24)25)2-5-12(14)19/h1-8H,(H,24,25)(H2,21,22,23,26)/b6-3+. The van der Waals surface area contributed by atoms with Gasteiger partial charge in [-0.25, -0.2) is 4.79 Å². The Morgan fingerprint density at radius 2 is 1.77 bits per heavy atom. The van der Waals surface area contributed by atoms with Crippen LogP contribution >= 0.6 is 47.0 Å². The highest BCUT2D eigenvalue weighted by Gasteiger charge is 2.09. The first-order valence-corrected chi connectivity index (χ1v) is 8.58. The molecule has 0 saturated carbocycles. The molecule has 0 heterocycles. The summed E-state index contributed by atoms with van der Waals surface area (Å²) in [6.45, 7) is 0. The Bertz CT molecular complexity index is 916. The third kappa shape index (κ3) is 5.71. The number of nitrogens with one attached hydrogen (secondary N) is 2. The van der Waals surface area contributed by atoms with E-state index in [1.165, 1.54) is 30.4 Å². The van der Waals surface area contributed by atoms with Gasteiger partial charge < -0.3 is 10.4 Å². The minimum Gasteiger partial charge on any atom is -0.478 e. The number of halogens is 3. The van der Waals surface area contributed by atoms with E-state index in [0.717, 1.165) is 0 Å². The lowest BCUT2D eigenvalue weighted by Gasteiger charge is -2.10. The molecule has 0 radical (unpaired) electrons. The molecular formula is C17H11Cl3N2O3S. The van der Waals surface area contributed by atoms with Gasteiger partial charge in [-0.1, -0.05) is 40.9 Å². The molecule has 0 spiro atoms. The van der Waals surface area contributed by atoms with E-state index in [4.69, 9.17) is 52.1 Å². The van der Waals surface area contributed by atoms with Crippen LogP contribution in [0.1, 0.15) is 15.9 Å². The van der Waals surface area contributed by atoms with Gasteiger partial charge >= 0.3 is 5.97 Å². The van der Waals surface area contributed by atoms with Crippen molar-refractivity contribution in [1.29, 1.82) is 0 Å². The van der Waals surface area contributed by atoms with Crippen molar-refractivity contribution in [3.63, 3.8) is 0 Å². The van der Waals surface area contributed by atoms with Crippen LogP contribution in [0.2, 0.25) is 15.1 Å². The zero-order valence-corrected chi connectivity index (χ0v) is 16.0. The summed E-state index contributed by atoms with van der Waals surface area (Å²) >= 11 is 22.8. The highest BCUT2D eigenvalue weighted by atomic mass is 35.5. The molecule has 0 aromatic heterocycles. The second-order valence-electron chi connectivity index (χ2n) is 4.94. The van der Waals surface area contributed by atoms with Gasteiger partial charge in [-0.3, -0.25) is 10.1 Å². The summed E-state index contributed by atoms with van der Waals surface area (Å²) in [5.74, 6) is -1.61. The number of carbonyl (C=O) groups is 2. The molecule has 1 amide bonds. The summed E-state index contributed by atoms with van der Waals surface area (Å²) in [4.78, 5) is 22.9. The Labute approximate surface area is 169 Å². The monoisotopic (exact) mass is 428 g/mol. The maximum Gasteiger partial charge on any atom is 0.335 e. The Kier molecular flexibility index (Phi) is 6.99. The van der Waals surface area contributed by atoms with Gasteiger partial charge in [0.2, 0.25) is 5.91 Å². The van der Waals surface area contributed by atoms with Gasteiger partial charge in [-0.15, -0.1) is 0 Å². The normalized spacial score (nSPS) is 10.6. The molecule has 0 unspecified atom stereocenters. The lowest BCUT2D eigenvalue weighted by molar-refractivity contribution is -0.115. The molecule has 0 aliphatic carbocycles. The Hall–Kier alpha value is -2.12. The largest absolute Gasteiger partial charge is 0.478 e. The van der Waals surface area contributed by atoms with Crippen molar-refractivity contribution >= 4 is 75.8 Å². The fourth-order valence-corrected chi connectivity index (χ4v) is 2.71. The second kappa shape index (κ2) is 9.00. The molecule has 0 aliphatic rings. The lowest BCUT2D eigenvalue weighted by Crippen LogP contribution is -2.33. The molecule has 0 atom stereocenters. The van der Waals surface area contributed by atoms with E-state index in [1.54, 1.807) is 18.2 Å². The van der Waals surface area contributed by atoms with Gasteiger partial charge in [-0.2, -0.15) is 0 Å². The van der Waals surface area contributed by atoms with E-state index in [0.29, 0.717) is 15.6 Å². The third-order valence-electron chi connectivity index (χ3n) is 3.08. The van der Waals surface area contributed by atoms with E-state index >= 15 is 0 Å². The van der Waals surface area contributed by atoms with E-state index in [2.05, 4.69) is 10.6 Å². The molecule has 26 heavy (non-hydrogen) atoms. The summed E-state index contributed by atoms with van der Waals surface area (Å²) in [6, 6.07) is 8.96. The van der Waals surface area contributed by atoms with Crippen LogP contribution in [0, 0.1) is 0 Å². The maximum absolute atomic E-state index is 11.9. The molecule has 134 valence electrons. The fraction of sp³-hybridized carbons (Fsp3) is 0. The highest BCUT2D eigenvalue weighted by molar-refractivity contribution is 7.80. The summed E-state index contributed by atoms with van der Waals surface area (Å²) in [7, 11) is 0. The molecule has 3 N–H and O–H groups in total. The van der Waals surface area contributed by atoms with Crippen LogP contribution in [0.15, 0.2) is 42.5 Å². The lowest BCUT2D eigenvalue weighted by atomic mass is 10.2. The number of hydrogen-bond donors (Lipinski definition) is 3. The molecule has 2 rings (SSSR count).